The number of anilines is 1. The van der Waals surface area contributed by atoms with Crippen molar-refractivity contribution in [3.8, 4) is 0 Å². The molecule has 0 radical (unpaired) electrons. The summed E-state index contributed by atoms with van der Waals surface area (Å²) in [7, 11) is 0. The molecule has 140 valence electrons. The summed E-state index contributed by atoms with van der Waals surface area (Å²) in [5, 5.41) is 0.712. The van der Waals surface area contributed by atoms with Crippen LogP contribution in [0.2, 0.25) is 0 Å². The molecule has 5 heteroatoms. The van der Waals surface area contributed by atoms with Gasteiger partial charge in [0.15, 0.2) is 5.13 Å². The van der Waals surface area contributed by atoms with Gasteiger partial charge >= 0.3 is 0 Å². The van der Waals surface area contributed by atoms with E-state index < -0.39 is 0 Å². The molecule has 1 amide bonds. The Kier molecular flexibility index (Phi) is 5.17. The minimum absolute atomic E-state index is 0.0204. The fourth-order valence-electron chi connectivity index (χ4n) is 3.14. The highest BCUT2D eigenvalue weighted by Gasteiger charge is 2.21. The van der Waals surface area contributed by atoms with Gasteiger partial charge in [-0.15, -0.1) is 0 Å². The number of aromatic nitrogens is 2. The molecule has 4 rings (SSSR count). The lowest BCUT2D eigenvalue weighted by Crippen LogP contribution is -2.32. The van der Waals surface area contributed by atoms with Crippen LogP contribution in [0.3, 0.4) is 0 Å². The number of aryl methyl sites for hydroxylation is 2. The molecule has 0 unspecified atom stereocenters. The van der Waals surface area contributed by atoms with Crippen LogP contribution in [0, 0.1) is 13.8 Å². The number of amides is 1. The Morgan fingerprint density at radius 3 is 2.64 bits per heavy atom. The van der Waals surface area contributed by atoms with Crippen LogP contribution >= 0.6 is 11.3 Å². The molecule has 0 aliphatic heterocycles. The van der Waals surface area contributed by atoms with E-state index in [-0.39, 0.29) is 5.91 Å². The lowest BCUT2D eigenvalue weighted by atomic mass is 10.1. The zero-order valence-corrected chi connectivity index (χ0v) is 16.7. The molecule has 0 N–H and O–H groups in total. The number of fused-ring (bicyclic) bond motifs is 1. The third-order valence-corrected chi connectivity index (χ3v) is 5.59. The largest absolute Gasteiger partial charge is 0.282 e. The van der Waals surface area contributed by atoms with Crippen molar-refractivity contribution in [2.75, 3.05) is 4.90 Å². The topological polar surface area (TPSA) is 46.1 Å². The monoisotopic (exact) mass is 387 g/mol. The number of thiazole rings is 1. The number of nitrogens with zero attached hydrogens (tertiary/aromatic N) is 3. The molecule has 4 nitrogen and oxygen atoms in total. The van der Waals surface area contributed by atoms with E-state index in [0.29, 0.717) is 18.1 Å². The molecule has 0 aliphatic rings. The van der Waals surface area contributed by atoms with Gasteiger partial charge in [-0.05, 0) is 49.2 Å². The summed E-state index contributed by atoms with van der Waals surface area (Å²) in [5.41, 5.74) is 5.10. The van der Waals surface area contributed by atoms with Gasteiger partial charge in [-0.3, -0.25) is 14.7 Å². The molecular weight excluding hydrogens is 366 g/mol. The molecule has 2 heterocycles. The first-order chi connectivity index (χ1) is 13.6. The van der Waals surface area contributed by atoms with E-state index in [1.165, 1.54) is 5.56 Å². The van der Waals surface area contributed by atoms with Crippen molar-refractivity contribution in [1.82, 2.24) is 9.97 Å². The van der Waals surface area contributed by atoms with Crippen LogP contribution in [0.1, 0.15) is 22.4 Å². The molecule has 0 atom stereocenters. The molecule has 0 saturated heterocycles. The lowest BCUT2D eigenvalue weighted by Gasteiger charge is -2.19. The fourth-order valence-corrected chi connectivity index (χ4v) is 4.22. The van der Waals surface area contributed by atoms with Crippen molar-refractivity contribution in [2.45, 2.75) is 26.8 Å². The van der Waals surface area contributed by atoms with Crippen LogP contribution in [-0.2, 0) is 17.8 Å². The predicted octanol–water partition coefficient (Wildman–Crippen LogP) is 5.08. The Morgan fingerprint density at radius 1 is 1.00 bits per heavy atom. The molecule has 0 aliphatic carbocycles. The summed E-state index contributed by atoms with van der Waals surface area (Å²) >= 11 is 1.55. The maximum Gasteiger partial charge on any atom is 0.233 e. The second kappa shape index (κ2) is 7.90. The minimum atomic E-state index is 0.0204. The second-order valence-electron chi connectivity index (χ2n) is 6.93. The average molecular weight is 388 g/mol. The lowest BCUT2D eigenvalue weighted by molar-refractivity contribution is -0.118. The second-order valence-corrected chi connectivity index (χ2v) is 7.94. The first-order valence-corrected chi connectivity index (χ1v) is 10.0. The summed E-state index contributed by atoms with van der Waals surface area (Å²) in [5.74, 6) is 0.0204. The van der Waals surface area contributed by atoms with Crippen LogP contribution < -0.4 is 4.90 Å². The van der Waals surface area contributed by atoms with Gasteiger partial charge in [0.1, 0.15) is 0 Å². The normalized spacial score (nSPS) is 10.9. The zero-order valence-electron chi connectivity index (χ0n) is 15.9. The van der Waals surface area contributed by atoms with Crippen molar-refractivity contribution >= 4 is 32.6 Å². The van der Waals surface area contributed by atoms with Crippen molar-refractivity contribution in [2.24, 2.45) is 0 Å². The highest BCUT2D eigenvalue weighted by Crippen LogP contribution is 2.30. The number of benzene rings is 2. The summed E-state index contributed by atoms with van der Waals surface area (Å²) in [6, 6.07) is 20.0. The molecule has 0 bridgehead atoms. The summed E-state index contributed by atoms with van der Waals surface area (Å²) < 4.78 is 1.09. The first kappa shape index (κ1) is 18.3. The van der Waals surface area contributed by atoms with Crippen molar-refractivity contribution in [3.05, 3.63) is 89.2 Å². The minimum Gasteiger partial charge on any atom is -0.282 e. The molecule has 4 aromatic rings. The van der Waals surface area contributed by atoms with Crippen molar-refractivity contribution in [3.63, 3.8) is 0 Å². The fraction of sp³-hybridized carbons (Fsp3) is 0.174. The summed E-state index contributed by atoms with van der Waals surface area (Å²) in [4.78, 5) is 24.1. The van der Waals surface area contributed by atoms with Crippen molar-refractivity contribution < 1.29 is 4.79 Å². The van der Waals surface area contributed by atoms with Gasteiger partial charge in [0.2, 0.25) is 5.91 Å². The molecule has 0 saturated carbocycles. The van der Waals surface area contributed by atoms with Crippen LogP contribution in [0.4, 0.5) is 5.13 Å². The van der Waals surface area contributed by atoms with Crippen LogP contribution in [-0.4, -0.2) is 15.9 Å². The SMILES string of the molecule is Cc1cccc(CC(=O)N(Cc2ccccn2)c2nc3ccc(C)cc3s2)c1. The quantitative estimate of drug-likeness (QED) is 0.479. The van der Waals surface area contributed by atoms with E-state index in [1.54, 1.807) is 22.4 Å². The standard InChI is InChI=1S/C23H21N3OS/c1-16-6-5-7-18(12-16)14-22(27)26(15-19-8-3-4-11-24-19)23-25-20-10-9-17(2)13-21(20)28-23/h3-13H,14-15H2,1-2H3. The van der Waals surface area contributed by atoms with Crippen molar-refractivity contribution in [1.29, 1.82) is 0 Å². The number of hydrogen-bond donors (Lipinski definition) is 0. The number of pyridine rings is 1. The van der Waals surface area contributed by atoms with E-state index in [9.17, 15) is 4.79 Å². The van der Waals surface area contributed by atoms with Gasteiger partial charge in [0.25, 0.3) is 0 Å². The highest BCUT2D eigenvalue weighted by atomic mass is 32.1. The van der Waals surface area contributed by atoms with Gasteiger partial charge in [-0.25, -0.2) is 4.98 Å². The third-order valence-electron chi connectivity index (χ3n) is 4.55. The summed E-state index contributed by atoms with van der Waals surface area (Å²) in [6.45, 7) is 4.51. The Bertz CT molecular complexity index is 1120. The Labute approximate surface area is 168 Å². The van der Waals surface area contributed by atoms with Gasteiger partial charge in [-0.2, -0.15) is 0 Å². The molecule has 28 heavy (non-hydrogen) atoms. The highest BCUT2D eigenvalue weighted by molar-refractivity contribution is 7.22. The first-order valence-electron chi connectivity index (χ1n) is 9.21. The Morgan fingerprint density at radius 2 is 1.86 bits per heavy atom. The molecule has 0 spiro atoms. The van der Waals surface area contributed by atoms with E-state index in [4.69, 9.17) is 4.98 Å². The van der Waals surface area contributed by atoms with Crippen LogP contribution in [0.5, 0.6) is 0 Å². The number of carbonyl (C=O) groups excluding carboxylic acids is 1. The Hall–Kier alpha value is -3.05. The Balaban J connectivity index is 1.68. The van der Waals surface area contributed by atoms with Gasteiger partial charge in [0, 0.05) is 6.20 Å². The van der Waals surface area contributed by atoms with Crippen LogP contribution in [0.25, 0.3) is 10.2 Å². The molecule has 2 aromatic heterocycles. The molecule has 0 fully saturated rings. The molecular formula is C23H21N3OS. The van der Waals surface area contributed by atoms with E-state index >= 15 is 0 Å². The van der Waals surface area contributed by atoms with E-state index in [0.717, 1.165) is 27.0 Å². The number of hydrogen-bond acceptors (Lipinski definition) is 4. The van der Waals surface area contributed by atoms with E-state index in [1.807, 2.05) is 55.5 Å². The third kappa shape index (κ3) is 4.10. The van der Waals surface area contributed by atoms with Crippen LogP contribution in [0.15, 0.2) is 66.9 Å². The smallest absolute Gasteiger partial charge is 0.233 e. The summed E-state index contributed by atoms with van der Waals surface area (Å²) in [6.07, 6.45) is 2.09. The van der Waals surface area contributed by atoms with Gasteiger partial charge in [-0.1, -0.05) is 53.3 Å². The molecule has 2 aromatic carbocycles. The average Bonchev–Trinajstić information content (AvgIpc) is 3.09. The maximum atomic E-state index is 13.2. The predicted molar refractivity (Wildman–Crippen MR) is 115 cm³/mol. The number of carbonyl (C=O) groups is 1. The van der Waals surface area contributed by atoms with Gasteiger partial charge in [0.05, 0.1) is 28.9 Å². The van der Waals surface area contributed by atoms with E-state index in [2.05, 4.69) is 24.0 Å². The maximum absolute atomic E-state index is 13.2. The number of rotatable bonds is 5. The zero-order chi connectivity index (χ0) is 19.5. The van der Waals surface area contributed by atoms with Gasteiger partial charge < -0.3 is 0 Å².